The predicted octanol–water partition coefficient (Wildman–Crippen LogP) is 3.44. The summed E-state index contributed by atoms with van der Waals surface area (Å²) in [6.45, 7) is 2.03. The molecule has 0 bridgehead atoms. The Balaban J connectivity index is 1.83. The Morgan fingerprint density at radius 3 is 2.61 bits per heavy atom. The Morgan fingerprint density at radius 1 is 1.26 bits per heavy atom. The van der Waals surface area contributed by atoms with Crippen molar-refractivity contribution in [2.45, 2.75) is 25.4 Å². The second kappa shape index (κ2) is 7.40. The van der Waals surface area contributed by atoms with Crippen molar-refractivity contribution in [2.24, 2.45) is 0 Å². The summed E-state index contributed by atoms with van der Waals surface area (Å²) in [7, 11) is 0. The quantitative estimate of drug-likeness (QED) is 0.865. The summed E-state index contributed by atoms with van der Waals surface area (Å²) < 4.78 is 5.43. The molecule has 0 atom stereocenters. The molecule has 2 aromatic rings. The molecule has 5 heteroatoms. The maximum Gasteiger partial charge on any atom is 0.254 e. The molecule has 0 radical (unpaired) electrons. The lowest BCUT2D eigenvalue weighted by molar-refractivity contribution is 0.0270. The van der Waals surface area contributed by atoms with Crippen LogP contribution in [0.1, 0.15) is 33.6 Å². The monoisotopic (exact) mass is 326 g/mol. The largest absolute Gasteiger partial charge is 0.381 e. The number of hydrogen-bond acceptors (Lipinski definition) is 4. The van der Waals surface area contributed by atoms with Gasteiger partial charge in [-0.05, 0) is 48.6 Å². The maximum absolute atomic E-state index is 13.0. The van der Waals surface area contributed by atoms with Gasteiger partial charge in [-0.2, -0.15) is 5.26 Å². The highest BCUT2D eigenvalue weighted by molar-refractivity contribution is 7.09. The van der Waals surface area contributed by atoms with Crippen molar-refractivity contribution in [1.29, 1.82) is 5.26 Å². The zero-order valence-corrected chi connectivity index (χ0v) is 13.6. The minimum Gasteiger partial charge on any atom is -0.381 e. The molecule has 1 aliphatic rings. The number of ether oxygens (including phenoxy) is 1. The Morgan fingerprint density at radius 2 is 2.00 bits per heavy atom. The number of carbonyl (C=O) groups is 1. The summed E-state index contributed by atoms with van der Waals surface area (Å²) in [5, 5.41) is 10.9. The molecule has 3 rings (SSSR count). The van der Waals surface area contributed by atoms with E-state index in [1.165, 1.54) is 4.88 Å². The van der Waals surface area contributed by atoms with E-state index in [1.54, 1.807) is 35.6 Å². The smallest absolute Gasteiger partial charge is 0.254 e. The van der Waals surface area contributed by atoms with Gasteiger partial charge in [0.1, 0.15) is 0 Å². The third-order valence-electron chi connectivity index (χ3n) is 4.06. The lowest BCUT2D eigenvalue weighted by atomic mass is 10.0. The Labute approximate surface area is 139 Å². The van der Waals surface area contributed by atoms with E-state index in [0.717, 1.165) is 12.8 Å². The van der Waals surface area contributed by atoms with Gasteiger partial charge in [0.05, 0.1) is 18.2 Å². The van der Waals surface area contributed by atoms with Gasteiger partial charge in [0.2, 0.25) is 0 Å². The normalized spacial score (nSPS) is 15.1. The number of hydrogen-bond donors (Lipinski definition) is 0. The maximum atomic E-state index is 13.0. The minimum atomic E-state index is 0.0230. The second-order valence-corrected chi connectivity index (χ2v) is 6.58. The average molecular weight is 326 g/mol. The molecule has 1 saturated heterocycles. The van der Waals surface area contributed by atoms with Gasteiger partial charge in [-0.25, -0.2) is 0 Å². The molecule has 118 valence electrons. The highest BCUT2D eigenvalue weighted by Crippen LogP contribution is 2.22. The van der Waals surface area contributed by atoms with E-state index in [-0.39, 0.29) is 11.9 Å². The molecule has 0 saturated carbocycles. The van der Waals surface area contributed by atoms with Crippen LogP contribution in [0.5, 0.6) is 0 Å². The van der Waals surface area contributed by atoms with E-state index >= 15 is 0 Å². The summed E-state index contributed by atoms with van der Waals surface area (Å²) in [6, 6.07) is 13.2. The van der Waals surface area contributed by atoms with Gasteiger partial charge >= 0.3 is 0 Å². The zero-order chi connectivity index (χ0) is 16.1. The standard InChI is InChI=1S/C18H18N2O2S/c19-12-14-3-5-15(6-4-14)18(21)20(13-17-2-1-11-23-17)16-7-9-22-10-8-16/h1-6,11,16H,7-10,13H2. The van der Waals surface area contributed by atoms with Crippen LogP contribution in [-0.2, 0) is 11.3 Å². The van der Waals surface area contributed by atoms with Crippen LogP contribution in [0.15, 0.2) is 41.8 Å². The number of amides is 1. The van der Waals surface area contributed by atoms with Crippen LogP contribution in [0, 0.1) is 11.3 Å². The van der Waals surface area contributed by atoms with Gasteiger partial charge in [0, 0.05) is 29.7 Å². The predicted molar refractivity (Wildman–Crippen MR) is 89.2 cm³/mol. The highest BCUT2D eigenvalue weighted by atomic mass is 32.1. The van der Waals surface area contributed by atoms with Gasteiger partial charge in [-0.3, -0.25) is 4.79 Å². The molecule has 23 heavy (non-hydrogen) atoms. The van der Waals surface area contributed by atoms with Crippen LogP contribution >= 0.6 is 11.3 Å². The first-order valence-corrected chi connectivity index (χ1v) is 8.57. The molecule has 1 fully saturated rings. The molecule has 0 spiro atoms. The molecule has 1 aromatic carbocycles. The van der Waals surface area contributed by atoms with Crippen LogP contribution in [0.25, 0.3) is 0 Å². The van der Waals surface area contributed by atoms with Crippen molar-refractivity contribution in [1.82, 2.24) is 4.90 Å². The molecular formula is C18H18N2O2S. The summed E-state index contributed by atoms with van der Waals surface area (Å²) in [5.41, 5.74) is 1.20. The van der Waals surface area contributed by atoms with E-state index in [1.807, 2.05) is 16.3 Å². The number of nitrogens with zero attached hydrogens (tertiary/aromatic N) is 2. The van der Waals surface area contributed by atoms with Crippen LogP contribution in [0.3, 0.4) is 0 Å². The van der Waals surface area contributed by atoms with Gasteiger partial charge in [-0.1, -0.05) is 6.07 Å². The van der Waals surface area contributed by atoms with Crippen LogP contribution in [0.4, 0.5) is 0 Å². The fraction of sp³-hybridized carbons (Fsp3) is 0.333. The molecule has 0 N–H and O–H groups in total. The molecule has 4 nitrogen and oxygen atoms in total. The number of rotatable bonds is 4. The summed E-state index contributed by atoms with van der Waals surface area (Å²) in [4.78, 5) is 16.1. The van der Waals surface area contributed by atoms with E-state index in [9.17, 15) is 4.79 Å². The van der Waals surface area contributed by atoms with Gasteiger partial charge in [0.15, 0.2) is 0 Å². The molecule has 0 unspecified atom stereocenters. The third kappa shape index (κ3) is 3.79. The van der Waals surface area contributed by atoms with Crippen molar-refractivity contribution in [3.05, 3.63) is 57.8 Å². The molecule has 1 amide bonds. The summed E-state index contributed by atoms with van der Waals surface area (Å²) in [6.07, 6.45) is 1.74. The molecule has 1 aromatic heterocycles. The van der Waals surface area contributed by atoms with Crippen molar-refractivity contribution in [3.63, 3.8) is 0 Å². The van der Waals surface area contributed by atoms with Crippen molar-refractivity contribution in [3.8, 4) is 6.07 Å². The average Bonchev–Trinajstić information content (AvgIpc) is 3.13. The van der Waals surface area contributed by atoms with Crippen LogP contribution in [-0.4, -0.2) is 30.1 Å². The molecule has 2 heterocycles. The minimum absolute atomic E-state index is 0.0230. The fourth-order valence-electron chi connectivity index (χ4n) is 2.79. The third-order valence-corrected chi connectivity index (χ3v) is 4.92. The van der Waals surface area contributed by atoms with Crippen molar-refractivity contribution in [2.75, 3.05) is 13.2 Å². The number of thiophene rings is 1. The Kier molecular flexibility index (Phi) is 5.06. The molecular weight excluding hydrogens is 308 g/mol. The van der Waals surface area contributed by atoms with Gasteiger partial charge in [0.25, 0.3) is 5.91 Å². The second-order valence-electron chi connectivity index (χ2n) is 5.55. The highest BCUT2D eigenvalue weighted by Gasteiger charge is 2.27. The Hall–Kier alpha value is -2.16. The first kappa shape index (κ1) is 15.7. The van der Waals surface area contributed by atoms with Crippen molar-refractivity contribution < 1.29 is 9.53 Å². The van der Waals surface area contributed by atoms with E-state index in [4.69, 9.17) is 10.00 Å². The number of carbonyl (C=O) groups excluding carboxylic acids is 1. The zero-order valence-electron chi connectivity index (χ0n) is 12.8. The molecule has 0 aliphatic carbocycles. The number of nitriles is 1. The summed E-state index contributed by atoms with van der Waals surface area (Å²) in [5.74, 6) is 0.0230. The van der Waals surface area contributed by atoms with Gasteiger partial charge < -0.3 is 9.64 Å². The Bertz CT molecular complexity index is 683. The van der Waals surface area contributed by atoms with E-state index < -0.39 is 0 Å². The van der Waals surface area contributed by atoms with Crippen LogP contribution < -0.4 is 0 Å². The first-order valence-electron chi connectivity index (χ1n) is 7.69. The van der Waals surface area contributed by atoms with Gasteiger partial charge in [-0.15, -0.1) is 11.3 Å². The topological polar surface area (TPSA) is 53.3 Å². The lowest BCUT2D eigenvalue weighted by Crippen LogP contribution is -2.42. The SMILES string of the molecule is N#Cc1ccc(C(=O)N(Cc2cccs2)C2CCOCC2)cc1. The van der Waals surface area contributed by atoms with E-state index in [2.05, 4.69) is 12.1 Å². The lowest BCUT2D eigenvalue weighted by Gasteiger charge is -2.34. The molecule has 1 aliphatic heterocycles. The van der Waals surface area contributed by atoms with Crippen LogP contribution in [0.2, 0.25) is 0 Å². The fourth-order valence-corrected chi connectivity index (χ4v) is 3.49. The first-order chi connectivity index (χ1) is 11.3. The van der Waals surface area contributed by atoms with E-state index in [0.29, 0.717) is 30.9 Å². The number of benzene rings is 1. The van der Waals surface area contributed by atoms with Crippen molar-refractivity contribution >= 4 is 17.2 Å². The summed E-state index contributed by atoms with van der Waals surface area (Å²) >= 11 is 1.67.